The van der Waals surface area contributed by atoms with E-state index >= 15 is 0 Å². The van der Waals surface area contributed by atoms with Gasteiger partial charge < -0.3 is 20.3 Å². The molecule has 1 aromatic heterocycles. The maximum Gasteiger partial charge on any atom is 0.225 e. The lowest BCUT2D eigenvalue weighted by atomic mass is 10.2. The van der Waals surface area contributed by atoms with E-state index in [1.54, 1.807) is 18.5 Å². The molecule has 2 heterocycles. The van der Waals surface area contributed by atoms with Crippen LogP contribution in [0, 0.1) is 0 Å². The summed E-state index contributed by atoms with van der Waals surface area (Å²) in [5.74, 6) is 2.51. The van der Waals surface area contributed by atoms with Crippen LogP contribution in [0.2, 0.25) is 0 Å². The number of ether oxygens (including phenoxy) is 1. The zero-order valence-corrected chi connectivity index (χ0v) is 19.0. The van der Waals surface area contributed by atoms with Crippen molar-refractivity contribution in [3.8, 4) is 5.75 Å². The third kappa shape index (κ3) is 7.53. The van der Waals surface area contributed by atoms with Crippen LogP contribution in [0.15, 0.2) is 60.4 Å². The van der Waals surface area contributed by atoms with Gasteiger partial charge in [0.1, 0.15) is 12.4 Å². The summed E-state index contributed by atoms with van der Waals surface area (Å²) in [5.41, 5.74) is 1.06. The van der Waals surface area contributed by atoms with Crippen molar-refractivity contribution in [2.45, 2.75) is 19.9 Å². The highest BCUT2D eigenvalue weighted by molar-refractivity contribution is 5.79. The Morgan fingerprint density at radius 1 is 1.12 bits per heavy atom. The molecule has 0 aliphatic carbocycles. The molecule has 0 saturated carbocycles. The van der Waals surface area contributed by atoms with E-state index in [0.29, 0.717) is 13.2 Å². The van der Waals surface area contributed by atoms with E-state index in [4.69, 9.17) is 9.73 Å². The molecular weight excluding hydrogens is 402 g/mol. The fourth-order valence-corrected chi connectivity index (χ4v) is 3.57. The molecule has 0 spiro atoms. The molecular formula is C24H35N7O. The quantitative estimate of drug-likeness (QED) is 0.242. The van der Waals surface area contributed by atoms with Gasteiger partial charge >= 0.3 is 0 Å². The van der Waals surface area contributed by atoms with Crippen molar-refractivity contribution in [3.63, 3.8) is 0 Å². The Hall–Kier alpha value is -3.13. The van der Waals surface area contributed by atoms with Crippen molar-refractivity contribution < 1.29 is 4.74 Å². The van der Waals surface area contributed by atoms with Crippen LogP contribution in [-0.4, -0.2) is 73.2 Å². The summed E-state index contributed by atoms with van der Waals surface area (Å²) in [6.07, 6.45) is 6.42. The van der Waals surface area contributed by atoms with E-state index in [0.717, 1.165) is 75.5 Å². The lowest BCUT2D eigenvalue weighted by Crippen LogP contribution is -2.47. The molecule has 0 atom stereocenters. The van der Waals surface area contributed by atoms with E-state index in [1.807, 2.05) is 30.3 Å². The summed E-state index contributed by atoms with van der Waals surface area (Å²) in [4.78, 5) is 18.2. The van der Waals surface area contributed by atoms with E-state index < -0.39 is 0 Å². The largest absolute Gasteiger partial charge is 0.489 e. The highest BCUT2D eigenvalue weighted by Crippen LogP contribution is 2.18. The van der Waals surface area contributed by atoms with Crippen LogP contribution in [0.1, 0.15) is 18.9 Å². The molecule has 32 heavy (non-hydrogen) atoms. The number of nitrogens with zero attached hydrogens (tertiary/aromatic N) is 5. The Balaban J connectivity index is 1.40. The van der Waals surface area contributed by atoms with Crippen LogP contribution in [-0.2, 0) is 6.54 Å². The normalized spacial score (nSPS) is 14.8. The third-order valence-corrected chi connectivity index (χ3v) is 5.23. The zero-order valence-electron chi connectivity index (χ0n) is 19.0. The molecule has 2 N–H and O–H groups in total. The predicted molar refractivity (Wildman–Crippen MR) is 130 cm³/mol. The van der Waals surface area contributed by atoms with Gasteiger partial charge in [0.25, 0.3) is 0 Å². The molecule has 1 saturated heterocycles. The summed E-state index contributed by atoms with van der Waals surface area (Å²) < 4.78 is 5.74. The average molecular weight is 438 g/mol. The Kier molecular flexibility index (Phi) is 9.79. The summed E-state index contributed by atoms with van der Waals surface area (Å²) >= 11 is 0. The number of nitrogens with one attached hydrogen (secondary N) is 2. The molecule has 1 fully saturated rings. The van der Waals surface area contributed by atoms with Crippen LogP contribution in [0.3, 0.4) is 0 Å². The number of aliphatic imine (C=N–C) groups is 1. The number of guanidine groups is 1. The van der Waals surface area contributed by atoms with Gasteiger partial charge in [0, 0.05) is 57.2 Å². The second kappa shape index (κ2) is 13.3. The number of hydrogen-bond donors (Lipinski definition) is 2. The Bertz CT molecular complexity index is 835. The summed E-state index contributed by atoms with van der Waals surface area (Å²) in [6, 6.07) is 9.86. The SMILES string of the molecule is C=CCOc1ccccc1CN=C(NCC)NCCCN1CCN(c2ncccn2)CC1. The fourth-order valence-electron chi connectivity index (χ4n) is 3.57. The maximum atomic E-state index is 5.74. The molecule has 0 unspecified atom stereocenters. The van der Waals surface area contributed by atoms with Crippen molar-refractivity contribution in [2.75, 3.05) is 57.3 Å². The van der Waals surface area contributed by atoms with Crippen LogP contribution < -0.4 is 20.3 Å². The summed E-state index contributed by atoms with van der Waals surface area (Å²) in [5, 5.41) is 6.78. The molecule has 0 amide bonds. The van der Waals surface area contributed by atoms with Gasteiger partial charge in [-0.1, -0.05) is 30.9 Å². The van der Waals surface area contributed by atoms with Crippen LogP contribution in [0.4, 0.5) is 5.95 Å². The minimum Gasteiger partial charge on any atom is -0.489 e. The lowest BCUT2D eigenvalue weighted by molar-refractivity contribution is 0.254. The van der Waals surface area contributed by atoms with Gasteiger partial charge in [-0.05, 0) is 32.0 Å². The van der Waals surface area contributed by atoms with Crippen molar-refractivity contribution in [3.05, 3.63) is 60.9 Å². The molecule has 1 aliphatic rings. The number of aromatic nitrogens is 2. The average Bonchev–Trinajstić information content (AvgIpc) is 2.85. The predicted octanol–water partition coefficient (Wildman–Crippen LogP) is 2.31. The number of hydrogen-bond acceptors (Lipinski definition) is 6. The first kappa shape index (κ1) is 23.5. The van der Waals surface area contributed by atoms with Crippen molar-refractivity contribution in [1.29, 1.82) is 0 Å². The number of rotatable bonds is 11. The first-order valence-electron chi connectivity index (χ1n) is 11.4. The summed E-state index contributed by atoms with van der Waals surface area (Å²) in [6.45, 7) is 13.6. The maximum absolute atomic E-state index is 5.74. The van der Waals surface area contributed by atoms with Gasteiger partial charge in [0.05, 0.1) is 6.54 Å². The second-order valence-electron chi connectivity index (χ2n) is 7.56. The first-order valence-corrected chi connectivity index (χ1v) is 11.4. The van der Waals surface area contributed by atoms with Crippen LogP contribution >= 0.6 is 0 Å². The van der Waals surface area contributed by atoms with Gasteiger partial charge in [-0.2, -0.15) is 0 Å². The van der Waals surface area contributed by atoms with E-state index in [-0.39, 0.29) is 0 Å². The topological polar surface area (TPSA) is 77.9 Å². The number of para-hydroxylation sites is 1. The Labute approximate surface area is 191 Å². The van der Waals surface area contributed by atoms with Gasteiger partial charge in [-0.15, -0.1) is 0 Å². The Morgan fingerprint density at radius 3 is 2.66 bits per heavy atom. The molecule has 0 bridgehead atoms. The standard InChI is InChI=1S/C24H35N7O/c1-3-19-32-22-10-6-5-9-21(22)20-29-23(25-4-2)26-13-8-14-30-15-17-31(18-16-30)24-27-11-7-12-28-24/h3,5-7,9-12H,1,4,8,13-20H2,2H3,(H2,25,26,29). The highest BCUT2D eigenvalue weighted by Gasteiger charge is 2.18. The lowest BCUT2D eigenvalue weighted by Gasteiger charge is -2.34. The van der Waals surface area contributed by atoms with E-state index in [9.17, 15) is 0 Å². The molecule has 3 rings (SSSR count). The Morgan fingerprint density at radius 2 is 1.91 bits per heavy atom. The van der Waals surface area contributed by atoms with Crippen molar-refractivity contribution in [1.82, 2.24) is 25.5 Å². The van der Waals surface area contributed by atoms with Crippen molar-refractivity contribution in [2.24, 2.45) is 4.99 Å². The van der Waals surface area contributed by atoms with E-state index in [2.05, 4.69) is 43.9 Å². The molecule has 1 aromatic carbocycles. The molecule has 172 valence electrons. The van der Waals surface area contributed by atoms with Crippen LogP contribution in [0.25, 0.3) is 0 Å². The number of piperazine rings is 1. The summed E-state index contributed by atoms with van der Waals surface area (Å²) in [7, 11) is 0. The smallest absolute Gasteiger partial charge is 0.225 e. The van der Waals surface area contributed by atoms with Gasteiger partial charge in [-0.3, -0.25) is 4.90 Å². The molecule has 8 nitrogen and oxygen atoms in total. The minimum absolute atomic E-state index is 0.492. The van der Waals surface area contributed by atoms with Gasteiger partial charge in [0.15, 0.2) is 5.96 Å². The van der Waals surface area contributed by atoms with Crippen LogP contribution in [0.5, 0.6) is 5.75 Å². The van der Waals surface area contributed by atoms with Gasteiger partial charge in [-0.25, -0.2) is 15.0 Å². The monoisotopic (exact) mass is 437 g/mol. The minimum atomic E-state index is 0.492. The molecule has 1 aliphatic heterocycles. The number of benzene rings is 1. The molecule has 8 heteroatoms. The first-order chi connectivity index (χ1) is 15.8. The molecule has 2 aromatic rings. The third-order valence-electron chi connectivity index (χ3n) is 5.23. The second-order valence-corrected chi connectivity index (χ2v) is 7.56. The van der Waals surface area contributed by atoms with Crippen molar-refractivity contribution >= 4 is 11.9 Å². The fraction of sp³-hybridized carbons (Fsp3) is 0.458. The number of anilines is 1. The van der Waals surface area contributed by atoms with E-state index in [1.165, 1.54) is 0 Å². The van der Waals surface area contributed by atoms with Gasteiger partial charge in [0.2, 0.25) is 5.95 Å². The highest BCUT2D eigenvalue weighted by atomic mass is 16.5. The molecule has 0 radical (unpaired) electrons. The zero-order chi connectivity index (χ0) is 22.4.